The van der Waals surface area contributed by atoms with Crippen LogP contribution in [0.4, 0.5) is 17.6 Å². The molecule has 7 atom stereocenters. The summed E-state index contributed by atoms with van der Waals surface area (Å²) >= 11 is 14.0. The third-order valence-electron chi connectivity index (χ3n) is 13.1. The summed E-state index contributed by atoms with van der Waals surface area (Å²) in [4.78, 5) is 119. The third kappa shape index (κ3) is 14.5. The topological polar surface area (TPSA) is 219 Å². The molecule has 3 heterocycles. The van der Waals surface area contributed by atoms with Gasteiger partial charge in [-0.15, -0.1) is 11.3 Å². The van der Waals surface area contributed by atoms with E-state index in [0.717, 1.165) is 4.90 Å². The van der Waals surface area contributed by atoms with Crippen LogP contribution in [0.1, 0.15) is 107 Å². The van der Waals surface area contributed by atoms with Crippen molar-refractivity contribution in [3.63, 3.8) is 0 Å². The smallest absolute Gasteiger partial charge is 0.354 e. The van der Waals surface area contributed by atoms with E-state index in [1.807, 2.05) is 20.8 Å². The number of aromatic nitrogens is 1. The van der Waals surface area contributed by atoms with E-state index in [2.05, 4.69) is 31.6 Å². The highest BCUT2D eigenvalue weighted by atomic mass is 35.5. The molecule has 8 amide bonds. The largest absolute Gasteiger partial charge is 0.403 e. The number of hydrogen-bond acceptors (Lipinski definition) is 10. The van der Waals surface area contributed by atoms with Gasteiger partial charge in [-0.2, -0.15) is 13.2 Å². The molecule has 1 aromatic carbocycles. The minimum atomic E-state index is -4.94. The van der Waals surface area contributed by atoms with Crippen LogP contribution in [0.3, 0.4) is 0 Å². The number of carbonyl (C=O) groups excluding carboxylic acids is 8. The zero-order valence-corrected chi connectivity index (χ0v) is 42.7. The highest BCUT2D eigenvalue weighted by Crippen LogP contribution is 2.59. The Morgan fingerprint density at radius 3 is 2.37 bits per heavy atom. The maximum Gasteiger partial charge on any atom is 0.403 e. The number of nitrogens with zero attached hydrogens (tertiary/aromatic N) is 4. The van der Waals surface area contributed by atoms with Crippen LogP contribution in [0.25, 0.3) is 0 Å². The van der Waals surface area contributed by atoms with Crippen molar-refractivity contribution in [3.05, 3.63) is 50.4 Å². The average Bonchev–Trinajstić information content (AvgIpc) is 3.78. The molecule has 1 aromatic heterocycles. The summed E-state index contributed by atoms with van der Waals surface area (Å²) in [5, 5.41) is 15.8. The van der Waals surface area contributed by atoms with Gasteiger partial charge in [0.25, 0.3) is 5.91 Å². The van der Waals surface area contributed by atoms with Crippen molar-refractivity contribution in [3.8, 4) is 0 Å². The second kappa shape index (κ2) is 25.0. The van der Waals surface area contributed by atoms with Crippen molar-refractivity contribution < 1.29 is 55.9 Å². The van der Waals surface area contributed by atoms with Crippen LogP contribution in [-0.2, 0) is 40.0 Å². The molecular formula is C47H63Cl2F4N9O8S. The van der Waals surface area contributed by atoms with Gasteiger partial charge in [0.15, 0.2) is 0 Å². The molecule has 0 spiro atoms. The normalized spacial score (nSPS) is 23.9. The van der Waals surface area contributed by atoms with E-state index in [1.54, 1.807) is 18.2 Å². The van der Waals surface area contributed by atoms with Crippen molar-refractivity contribution in [2.45, 2.75) is 146 Å². The van der Waals surface area contributed by atoms with Crippen molar-refractivity contribution in [1.29, 1.82) is 0 Å². The first-order valence-electron chi connectivity index (χ1n) is 23.8. The van der Waals surface area contributed by atoms with Crippen LogP contribution in [0, 0.1) is 11.3 Å². The Bertz CT molecular complexity index is 2260. The summed E-state index contributed by atoms with van der Waals surface area (Å²) in [7, 11) is 2.69. The molecule has 17 nitrogen and oxygen atoms in total. The van der Waals surface area contributed by atoms with Crippen LogP contribution in [0.15, 0.2) is 29.1 Å². The SMILES string of the molecule is CCC[C@H]1NC(=O)[C@H](Cc2cc(Cl)ccc2Cl)N(C)C(=O)[C@H](CC(C)C)NC(=O)[C@@H](N(C)C(=O)[C@H](CCCNC(=O)c2cscn2)NC(=O)[C@@H]2C[C@@H](F)CN2C(=O)C2(C(F)(F)F)CC2)CCCCNC1=O. The van der Waals surface area contributed by atoms with E-state index in [1.165, 1.54) is 41.2 Å². The van der Waals surface area contributed by atoms with Crippen LogP contribution in [0.2, 0.25) is 10.0 Å². The second-order valence-electron chi connectivity index (χ2n) is 18.9. The van der Waals surface area contributed by atoms with Crippen molar-refractivity contribution in [1.82, 2.24) is 46.3 Å². The van der Waals surface area contributed by atoms with Crippen molar-refractivity contribution in [2.24, 2.45) is 11.3 Å². The Labute approximate surface area is 424 Å². The summed E-state index contributed by atoms with van der Waals surface area (Å²) in [5.41, 5.74) is -0.697. The number of benzene rings is 1. The highest BCUT2D eigenvalue weighted by molar-refractivity contribution is 7.07. The number of nitrogens with one attached hydrogen (secondary N) is 5. The molecule has 71 heavy (non-hydrogen) atoms. The lowest BCUT2D eigenvalue weighted by Gasteiger charge is -2.35. The maximum atomic E-state index is 15.0. The van der Waals surface area contributed by atoms with Crippen LogP contribution in [0.5, 0.6) is 0 Å². The average molecular weight is 1060 g/mol. The van der Waals surface area contributed by atoms with Crippen LogP contribution >= 0.6 is 34.5 Å². The van der Waals surface area contributed by atoms with E-state index in [-0.39, 0.29) is 74.7 Å². The fourth-order valence-electron chi connectivity index (χ4n) is 8.92. The van der Waals surface area contributed by atoms with Gasteiger partial charge in [0.1, 0.15) is 53.5 Å². The van der Waals surface area contributed by atoms with Gasteiger partial charge >= 0.3 is 6.18 Å². The molecule has 2 saturated heterocycles. The predicted molar refractivity (Wildman–Crippen MR) is 257 cm³/mol. The lowest BCUT2D eigenvalue weighted by molar-refractivity contribution is -0.199. The Hall–Kier alpha value is -5.09. The van der Waals surface area contributed by atoms with Crippen molar-refractivity contribution >= 4 is 81.8 Å². The number of amides is 8. The quantitative estimate of drug-likeness (QED) is 0.116. The van der Waals surface area contributed by atoms with Gasteiger partial charge in [0.05, 0.1) is 12.1 Å². The molecule has 3 aliphatic rings. The number of alkyl halides is 4. The first-order valence-corrected chi connectivity index (χ1v) is 25.5. The highest BCUT2D eigenvalue weighted by Gasteiger charge is 2.70. The van der Waals surface area contributed by atoms with Gasteiger partial charge in [-0.3, -0.25) is 38.4 Å². The Balaban J connectivity index is 1.46. The molecule has 24 heteroatoms. The number of hydrogen-bond donors (Lipinski definition) is 5. The minimum absolute atomic E-state index is 0.0221. The van der Waals surface area contributed by atoms with Crippen LogP contribution in [-0.4, -0.2) is 149 Å². The molecule has 5 N–H and O–H groups in total. The number of rotatable bonds is 16. The van der Waals surface area contributed by atoms with Gasteiger partial charge in [-0.05, 0) is 87.5 Å². The molecule has 0 unspecified atom stereocenters. The van der Waals surface area contributed by atoms with E-state index in [0.29, 0.717) is 28.3 Å². The molecule has 0 bridgehead atoms. The predicted octanol–water partition coefficient (Wildman–Crippen LogP) is 4.74. The maximum absolute atomic E-state index is 15.0. The zero-order chi connectivity index (χ0) is 52.4. The molecule has 0 radical (unpaired) electrons. The number of likely N-dealkylation sites (N-methyl/N-ethyl adjacent to an activating group) is 2. The summed E-state index contributed by atoms with van der Waals surface area (Å²) in [6.45, 7) is 4.81. The third-order valence-corrected chi connectivity index (χ3v) is 14.3. The van der Waals surface area contributed by atoms with Crippen molar-refractivity contribution in [2.75, 3.05) is 33.7 Å². The van der Waals surface area contributed by atoms with E-state index >= 15 is 0 Å². The molecular weight excluding hydrogens is 998 g/mol. The molecule has 2 aromatic rings. The Morgan fingerprint density at radius 2 is 1.73 bits per heavy atom. The van der Waals surface area contributed by atoms with Gasteiger partial charge in [0, 0.05) is 55.5 Å². The first-order chi connectivity index (χ1) is 33.5. The molecule has 1 aliphatic carbocycles. The summed E-state index contributed by atoms with van der Waals surface area (Å²) < 4.78 is 57.2. The number of thiazole rings is 1. The van der Waals surface area contributed by atoms with Crippen LogP contribution < -0.4 is 26.6 Å². The fraction of sp³-hybridized carbons (Fsp3) is 0.638. The van der Waals surface area contributed by atoms with Gasteiger partial charge in [-0.1, -0.05) is 50.4 Å². The summed E-state index contributed by atoms with van der Waals surface area (Å²) in [5.74, 6) is -6.66. The molecule has 392 valence electrons. The Kier molecular flexibility index (Phi) is 20.0. The number of carbonyl (C=O) groups is 8. The second-order valence-corrected chi connectivity index (χ2v) is 20.5. The number of halogens is 6. The summed E-state index contributed by atoms with van der Waals surface area (Å²) in [6.07, 6.45) is -7.31. The molecule has 5 rings (SSSR count). The van der Waals surface area contributed by atoms with E-state index in [9.17, 15) is 55.9 Å². The lowest BCUT2D eigenvalue weighted by Crippen LogP contribution is -2.60. The van der Waals surface area contributed by atoms with E-state index < -0.39 is 127 Å². The lowest BCUT2D eigenvalue weighted by atomic mass is 9.98. The van der Waals surface area contributed by atoms with Gasteiger partial charge in [-0.25, -0.2) is 9.37 Å². The number of likely N-dealkylation sites (tertiary alicyclic amines) is 1. The zero-order valence-electron chi connectivity index (χ0n) is 40.3. The minimum Gasteiger partial charge on any atom is -0.354 e. The van der Waals surface area contributed by atoms with E-state index in [4.69, 9.17) is 23.2 Å². The Morgan fingerprint density at radius 1 is 1.03 bits per heavy atom. The molecule has 1 saturated carbocycles. The van der Waals surface area contributed by atoms with Gasteiger partial charge < -0.3 is 41.3 Å². The first kappa shape index (κ1) is 56.8. The monoisotopic (exact) mass is 1060 g/mol. The molecule has 3 fully saturated rings. The van der Waals surface area contributed by atoms with Gasteiger partial charge in [0.2, 0.25) is 41.4 Å². The summed E-state index contributed by atoms with van der Waals surface area (Å²) in [6, 6.07) is -3.36. The fourth-order valence-corrected chi connectivity index (χ4v) is 9.84. The standard InChI is InChI=1S/C47H63Cl2F4N9O8S/c1-6-10-31-38(63)54-17-8-7-12-35(40(65)59-33(19-26(2)3)44(69)61(5)36(41(66)57-31)21-27-20-28(48)13-14-30(27)49)60(4)43(68)32(11-9-18-55-39(64)34-24-71-25-56-34)58-42(67)37-22-29(50)23-62(37)45(70)46(15-16-46)47(51,52)53/h13-14,20,24-26,29,31-33,35-37H,6-12,15-19,21-23H2,1-5H3,(H,54,63)(H,55,64)(H,57,66)(H,58,67)(H,59,65)/t29-,31-,32+,33+,35+,36+,37+/m1/s1. The molecule has 2 aliphatic heterocycles.